The number of carbonyl (C=O) groups is 8. The Morgan fingerprint density at radius 2 is 0.833 bits per heavy atom. The summed E-state index contributed by atoms with van der Waals surface area (Å²) < 4.78 is 0. The van der Waals surface area contributed by atoms with Crippen molar-refractivity contribution in [2.75, 3.05) is 13.1 Å². The maximum atomic E-state index is 13.9. The molecule has 0 bridgehead atoms. The molecule has 16 N–H and O–H groups in total. The highest BCUT2D eigenvalue weighted by molar-refractivity contribution is 5.96. The van der Waals surface area contributed by atoms with Crippen molar-refractivity contribution in [2.24, 2.45) is 11.5 Å². The Hall–Kier alpha value is -8.76. The molecular formula is C50H58N12O10. The van der Waals surface area contributed by atoms with Crippen molar-refractivity contribution < 1.29 is 48.6 Å². The highest BCUT2D eigenvalue weighted by Gasteiger charge is 2.28. The Kier molecular flexibility index (Phi) is 18.0. The van der Waals surface area contributed by atoms with Gasteiger partial charge in [-0.25, -0.2) is 0 Å². The van der Waals surface area contributed by atoms with Gasteiger partial charge in [0.15, 0.2) is 0 Å². The maximum Gasteiger partial charge on any atom is 0.261 e. The number of rotatable bonds is 22. The summed E-state index contributed by atoms with van der Waals surface area (Å²) in [5, 5.41) is 35.7. The molecule has 0 saturated heterocycles. The smallest absolute Gasteiger partial charge is 0.261 e. The number of aromatic hydroxyl groups is 2. The van der Waals surface area contributed by atoms with E-state index in [1.54, 1.807) is 48.8 Å². The number of nitrogens with one attached hydrogen (secondary N) is 10. The van der Waals surface area contributed by atoms with Crippen LogP contribution >= 0.6 is 0 Å². The average molecular weight is 987 g/mol. The molecule has 0 unspecified atom stereocenters. The van der Waals surface area contributed by atoms with Crippen molar-refractivity contribution >= 4 is 69.1 Å². The van der Waals surface area contributed by atoms with Crippen LogP contribution in [0.5, 0.6) is 11.5 Å². The molecule has 0 aliphatic rings. The molecule has 22 heteroatoms. The number of phenols is 2. The fourth-order valence-electron chi connectivity index (χ4n) is 7.62. The number of para-hydroxylation sites is 2. The molecule has 4 aromatic carbocycles. The van der Waals surface area contributed by atoms with Gasteiger partial charge in [0.2, 0.25) is 35.4 Å². The molecular weight excluding hydrogens is 929 g/mol. The predicted octanol–water partition coefficient (Wildman–Crippen LogP) is -0.656. The van der Waals surface area contributed by atoms with Crippen LogP contribution < -0.4 is 54.2 Å². The average Bonchev–Trinajstić information content (AvgIpc) is 3.98. The molecule has 0 aliphatic carbocycles. The third kappa shape index (κ3) is 14.9. The molecule has 0 radical (unpaired) electrons. The number of aromatic amines is 2. The number of phenolic OH excluding ortho intramolecular Hbond substituents is 2. The zero-order chi connectivity index (χ0) is 51.9. The van der Waals surface area contributed by atoms with Gasteiger partial charge in [-0.2, -0.15) is 0 Å². The summed E-state index contributed by atoms with van der Waals surface area (Å²) in [6.45, 7) is 1.61. The van der Waals surface area contributed by atoms with Crippen molar-refractivity contribution in [3.05, 3.63) is 132 Å². The molecule has 2 heterocycles. The Morgan fingerprint density at radius 3 is 1.21 bits per heavy atom. The lowest BCUT2D eigenvalue weighted by Gasteiger charge is -2.22. The summed E-state index contributed by atoms with van der Waals surface area (Å²) >= 11 is 0. The number of benzene rings is 4. The first kappa shape index (κ1) is 52.6. The number of fused-ring (bicyclic) bond motifs is 2. The zero-order valence-electron chi connectivity index (χ0n) is 39.4. The molecule has 0 fully saturated rings. The summed E-state index contributed by atoms with van der Waals surface area (Å²) in [7, 11) is 0. The van der Waals surface area contributed by atoms with Gasteiger partial charge in [0, 0.05) is 47.0 Å². The quantitative estimate of drug-likeness (QED) is 0.0378. The summed E-state index contributed by atoms with van der Waals surface area (Å²) in [6.07, 6.45) is 3.46. The van der Waals surface area contributed by atoms with E-state index in [0.29, 0.717) is 22.3 Å². The van der Waals surface area contributed by atoms with Crippen LogP contribution in [0.2, 0.25) is 0 Å². The molecule has 0 spiro atoms. The molecule has 8 amide bonds. The van der Waals surface area contributed by atoms with Crippen molar-refractivity contribution in [2.45, 2.75) is 75.8 Å². The molecule has 0 saturated carbocycles. The minimum atomic E-state index is -1.33. The Labute approximate surface area is 412 Å². The number of aromatic nitrogens is 2. The third-order valence-corrected chi connectivity index (χ3v) is 11.6. The standard InChI is InChI=1S/C50H58N12O10/c1-27(57-47(69)37(51)19-29-11-15-33(63)16-12-29)45(67)55-25-43(65)59-41(21-31-23-53-39-9-5-3-7-35(31)39)49(71)61-62-50(72)42(22-32-24-54-40-10-6-4-8-36(32)40)60-44(66)26-56-46(68)28(2)58-48(70)38(52)20-30-13-17-34(64)18-14-30/h3-18,23-24,27-28,37-38,41-42,53-54,63-64H,19-22,25-26,51-52H2,1-2H3,(H,55,67)(H,56,68)(H,57,69)(H,58,70)(H,59,65)(H,60,66)(H,61,71)(H,62,72)/t27-,28-,37+,38+,41+,42+/m1/s1. The summed E-state index contributed by atoms with van der Waals surface area (Å²) in [5.74, 6) is -5.86. The minimum absolute atomic E-state index is 0.0540. The van der Waals surface area contributed by atoms with Crippen LogP contribution in [0, 0.1) is 0 Å². The first-order chi connectivity index (χ1) is 34.4. The van der Waals surface area contributed by atoms with Crippen molar-refractivity contribution in [3.8, 4) is 11.5 Å². The third-order valence-electron chi connectivity index (χ3n) is 11.6. The molecule has 72 heavy (non-hydrogen) atoms. The first-order valence-electron chi connectivity index (χ1n) is 23.0. The van der Waals surface area contributed by atoms with Gasteiger partial charge in [0.25, 0.3) is 11.8 Å². The second kappa shape index (κ2) is 24.7. The number of H-pyrrole nitrogens is 2. The first-order valence-corrected chi connectivity index (χ1v) is 23.0. The fraction of sp³-hybridized carbons (Fsp3) is 0.280. The van der Waals surface area contributed by atoms with Crippen LogP contribution in [-0.4, -0.2) is 117 Å². The monoisotopic (exact) mass is 986 g/mol. The van der Waals surface area contributed by atoms with E-state index >= 15 is 0 Å². The molecule has 0 aliphatic heterocycles. The number of nitrogens with two attached hydrogens (primary N) is 2. The highest BCUT2D eigenvalue weighted by Crippen LogP contribution is 2.21. The normalized spacial score (nSPS) is 13.6. The van der Waals surface area contributed by atoms with Crippen LogP contribution in [0.15, 0.2) is 109 Å². The van der Waals surface area contributed by atoms with Gasteiger partial charge >= 0.3 is 0 Å². The van der Waals surface area contributed by atoms with Crippen LogP contribution in [0.1, 0.15) is 36.1 Å². The molecule has 378 valence electrons. The zero-order valence-corrected chi connectivity index (χ0v) is 39.4. The number of hydrazine groups is 1. The fourth-order valence-corrected chi connectivity index (χ4v) is 7.62. The Morgan fingerprint density at radius 1 is 0.472 bits per heavy atom. The van der Waals surface area contributed by atoms with Gasteiger partial charge in [-0.15, -0.1) is 0 Å². The predicted molar refractivity (Wildman–Crippen MR) is 265 cm³/mol. The van der Waals surface area contributed by atoms with E-state index in [-0.39, 0.29) is 37.2 Å². The van der Waals surface area contributed by atoms with Gasteiger partial charge < -0.3 is 63.5 Å². The van der Waals surface area contributed by atoms with E-state index in [1.807, 2.05) is 36.4 Å². The molecule has 6 rings (SSSR count). The summed E-state index contributed by atoms with van der Waals surface area (Å²) in [6, 6.07) is 19.9. The van der Waals surface area contributed by atoms with E-state index in [2.05, 4.69) is 52.7 Å². The molecule has 22 nitrogen and oxygen atoms in total. The van der Waals surface area contributed by atoms with Crippen molar-refractivity contribution in [3.63, 3.8) is 0 Å². The lowest BCUT2D eigenvalue weighted by Crippen LogP contribution is -2.58. The van der Waals surface area contributed by atoms with Crippen molar-refractivity contribution in [1.82, 2.24) is 52.7 Å². The second-order valence-corrected chi connectivity index (χ2v) is 17.2. The van der Waals surface area contributed by atoms with Gasteiger partial charge in [0.1, 0.15) is 35.7 Å². The topological polar surface area (TPSA) is 357 Å². The number of carbonyl (C=O) groups excluding carboxylic acids is 8. The minimum Gasteiger partial charge on any atom is -0.508 e. The summed E-state index contributed by atoms with van der Waals surface area (Å²) in [5.41, 5.74) is 21.0. The number of amides is 8. The van der Waals surface area contributed by atoms with Gasteiger partial charge in [0.05, 0.1) is 25.2 Å². The van der Waals surface area contributed by atoms with Gasteiger partial charge in [-0.1, -0.05) is 60.7 Å². The van der Waals surface area contributed by atoms with Crippen LogP contribution in [0.25, 0.3) is 21.8 Å². The van der Waals surface area contributed by atoms with Crippen LogP contribution in [0.4, 0.5) is 0 Å². The van der Waals surface area contributed by atoms with E-state index in [0.717, 1.165) is 21.8 Å². The lowest BCUT2D eigenvalue weighted by atomic mass is 10.0. The molecule has 6 atom stereocenters. The maximum absolute atomic E-state index is 13.9. The summed E-state index contributed by atoms with van der Waals surface area (Å²) in [4.78, 5) is 112. The van der Waals surface area contributed by atoms with Crippen LogP contribution in [0.3, 0.4) is 0 Å². The Balaban J connectivity index is 1.07. The van der Waals surface area contributed by atoms with Gasteiger partial charge in [-0.05, 0) is 85.3 Å². The number of hydrogen-bond donors (Lipinski definition) is 14. The molecule has 2 aromatic heterocycles. The molecule has 6 aromatic rings. The number of hydrogen-bond acceptors (Lipinski definition) is 12. The van der Waals surface area contributed by atoms with Crippen molar-refractivity contribution in [1.29, 1.82) is 0 Å². The Bertz CT molecular complexity index is 2710. The van der Waals surface area contributed by atoms with E-state index in [9.17, 15) is 48.6 Å². The SMILES string of the molecule is C[C@@H](NC(=O)[C@@H](N)Cc1ccc(O)cc1)C(=O)NCC(=O)N[C@@H](Cc1c[nH]c2ccccc12)C(=O)NNC(=O)[C@H](Cc1c[nH]c2ccccc12)NC(=O)CNC(=O)[C@@H](C)NC(=O)[C@@H](N)Cc1ccc(O)cc1. The lowest BCUT2D eigenvalue weighted by molar-refractivity contribution is -0.134. The van der Waals surface area contributed by atoms with E-state index in [4.69, 9.17) is 11.5 Å². The largest absolute Gasteiger partial charge is 0.508 e. The second-order valence-electron chi connectivity index (χ2n) is 17.2. The van der Waals surface area contributed by atoms with E-state index < -0.39 is 96.6 Å². The highest BCUT2D eigenvalue weighted by atomic mass is 16.3. The van der Waals surface area contributed by atoms with Crippen LogP contribution in [-0.2, 0) is 64.0 Å². The van der Waals surface area contributed by atoms with Gasteiger partial charge in [-0.3, -0.25) is 49.2 Å². The van der Waals surface area contributed by atoms with E-state index in [1.165, 1.54) is 38.1 Å².